The van der Waals surface area contributed by atoms with E-state index >= 15 is 0 Å². The topological polar surface area (TPSA) is 48.9 Å². The summed E-state index contributed by atoms with van der Waals surface area (Å²) in [6, 6.07) is 3.74. The molecule has 2 N–H and O–H groups in total. The molecule has 0 atom stereocenters. The van der Waals surface area contributed by atoms with Gasteiger partial charge in [0, 0.05) is 17.3 Å². The molecule has 0 bridgehead atoms. The summed E-state index contributed by atoms with van der Waals surface area (Å²) in [7, 11) is 0. The minimum absolute atomic E-state index is 0.0506. The lowest BCUT2D eigenvalue weighted by atomic mass is 10.1. The standard InChI is InChI=1S/C11H9F3N2OS/c12-11(13,14)8-5-7(6-17)1-2-9(8)18-10-15-3-4-16-10/h1-5,17H,6H2,(H,15,16). The second-order valence-corrected chi connectivity index (χ2v) is 4.51. The van der Waals surface area contributed by atoms with Crippen molar-refractivity contribution in [1.82, 2.24) is 9.97 Å². The van der Waals surface area contributed by atoms with Crippen molar-refractivity contribution >= 4 is 11.8 Å². The third kappa shape index (κ3) is 2.85. The van der Waals surface area contributed by atoms with Crippen LogP contribution in [0, 0.1) is 0 Å². The number of hydrogen-bond donors (Lipinski definition) is 2. The number of imidazole rings is 1. The summed E-state index contributed by atoms with van der Waals surface area (Å²) >= 11 is 0.899. The zero-order valence-corrected chi connectivity index (χ0v) is 9.85. The van der Waals surface area contributed by atoms with Crippen LogP contribution in [0.4, 0.5) is 13.2 Å². The molecule has 0 saturated heterocycles. The van der Waals surface area contributed by atoms with Gasteiger partial charge in [0.2, 0.25) is 0 Å². The monoisotopic (exact) mass is 274 g/mol. The van der Waals surface area contributed by atoms with Crippen molar-refractivity contribution < 1.29 is 18.3 Å². The van der Waals surface area contributed by atoms with Crippen LogP contribution in [0.1, 0.15) is 11.1 Å². The predicted octanol–water partition coefficient (Wildman–Crippen LogP) is 3.07. The van der Waals surface area contributed by atoms with Gasteiger partial charge in [-0.1, -0.05) is 17.8 Å². The van der Waals surface area contributed by atoms with E-state index < -0.39 is 18.3 Å². The molecular weight excluding hydrogens is 265 g/mol. The lowest BCUT2D eigenvalue weighted by Crippen LogP contribution is -2.07. The Morgan fingerprint density at radius 1 is 1.33 bits per heavy atom. The SMILES string of the molecule is OCc1ccc(Sc2ncc[nH]2)c(C(F)(F)F)c1. The molecule has 0 aliphatic carbocycles. The number of halogens is 3. The molecule has 0 aliphatic rings. The normalized spacial score (nSPS) is 11.8. The summed E-state index contributed by atoms with van der Waals surface area (Å²) in [4.78, 5) is 6.65. The number of aliphatic hydroxyl groups is 1. The third-order valence-corrected chi connectivity index (χ3v) is 3.20. The fraction of sp³-hybridized carbons (Fsp3) is 0.182. The number of benzene rings is 1. The van der Waals surface area contributed by atoms with E-state index in [-0.39, 0.29) is 10.5 Å². The van der Waals surface area contributed by atoms with Gasteiger partial charge in [-0.25, -0.2) is 4.98 Å². The number of nitrogens with one attached hydrogen (secondary N) is 1. The van der Waals surface area contributed by atoms with Crippen molar-refractivity contribution in [2.24, 2.45) is 0 Å². The first-order valence-corrected chi connectivity index (χ1v) is 5.80. The van der Waals surface area contributed by atoms with E-state index in [9.17, 15) is 13.2 Å². The number of alkyl halides is 3. The molecular formula is C11H9F3N2OS. The van der Waals surface area contributed by atoms with Crippen molar-refractivity contribution in [1.29, 1.82) is 0 Å². The molecule has 96 valence electrons. The van der Waals surface area contributed by atoms with Gasteiger partial charge in [0.1, 0.15) is 0 Å². The Morgan fingerprint density at radius 2 is 2.11 bits per heavy atom. The highest BCUT2D eigenvalue weighted by Gasteiger charge is 2.34. The Kier molecular flexibility index (Phi) is 3.63. The third-order valence-electron chi connectivity index (χ3n) is 2.21. The molecule has 18 heavy (non-hydrogen) atoms. The first-order valence-electron chi connectivity index (χ1n) is 4.99. The fourth-order valence-corrected chi connectivity index (χ4v) is 2.27. The number of hydrogen-bond acceptors (Lipinski definition) is 3. The predicted molar refractivity (Wildman–Crippen MR) is 60.1 cm³/mol. The van der Waals surface area contributed by atoms with Crippen molar-refractivity contribution in [2.75, 3.05) is 0 Å². The van der Waals surface area contributed by atoms with Crippen molar-refractivity contribution in [3.05, 3.63) is 41.7 Å². The lowest BCUT2D eigenvalue weighted by molar-refractivity contribution is -0.139. The molecule has 0 amide bonds. The van der Waals surface area contributed by atoms with E-state index in [1.54, 1.807) is 0 Å². The molecule has 0 radical (unpaired) electrons. The average molecular weight is 274 g/mol. The van der Waals surface area contributed by atoms with Gasteiger partial charge >= 0.3 is 6.18 Å². The molecule has 7 heteroatoms. The highest BCUT2D eigenvalue weighted by molar-refractivity contribution is 7.99. The van der Waals surface area contributed by atoms with Gasteiger partial charge in [-0.3, -0.25) is 0 Å². The molecule has 1 aromatic heterocycles. The van der Waals surface area contributed by atoms with E-state index in [0.717, 1.165) is 17.8 Å². The van der Waals surface area contributed by atoms with E-state index in [1.807, 2.05) is 0 Å². The number of rotatable bonds is 3. The van der Waals surface area contributed by atoms with Crippen LogP contribution in [0.25, 0.3) is 0 Å². The Morgan fingerprint density at radius 3 is 2.67 bits per heavy atom. The number of aromatic amines is 1. The minimum atomic E-state index is -4.46. The number of aromatic nitrogens is 2. The first-order chi connectivity index (χ1) is 8.50. The summed E-state index contributed by atoms with van der Waals surface area (Å²) in [5, 5.41) is 9.27. The molecule has 0 unspecified atom stereocenters. The zero-order valence-electron chi connectivity index (χ0n) is 9.03. The quantitative estimate of drug-likeness (QED) is 0.904. The van der Waals surface area contributed by atoms with Crippen LogP contribution in [0.3, 0.4) is 0 Å². The average Bonchev–Trinajstić information content (AvgIpc) is 2.81. The molecule has 2 rings (SSSR count). The van der Waals surface area contributed by atoms with Crippen LogP contribution in [0.15, 0.2) is 40.6 Å². The smallest absolute Gasteiger partial charge is 0.392 e. The summed E-state index contributed by atoms with van der Waals surface area (Å²) < 4.78 is 38.6. The Hall–Kier alpha value is -1.47. The molecule has 1 aromatic carbocycles. The molecule has 1 heterocycles. The van der Waals surface area contributed by atoms with Crippen molar-refractivity contribution in [3.63, 3.8) is 0 Å². The maximum Gasteiger partial charge on any atom is 0.417 e. The second kappa shape index (κ2) is 5.03. The summed E-state index contributed by atoms with van der Waals surface area (Å²) in [5.41, 5.74) is -0.540. The molecule has 0 saturated carbocycles. The minimum Gasteiger partial charge on any atom is -0.392 e. The fourth-order valence-electron chi connectivity index (χ4n) is 1.40. The van der Waals surface area contributed by atoms with Gasteiger partial charge < -0.3 is 10.1 Å². The van der Waals surface area contributed by atoms with Gasteiger partial charge in [0.15, 0.2) is 5.16 Å². The summed E-state index contributed by atoms with van der Waals surface area (Å²) in [6.45, 7) is -0.422. The number of H-pyrrole nitrogens is 1. The van der Waals surface area contributed by atoms with Gasteiger partial charge in [-0.2, -0.15) is 13.2 Å². The van der Waals surface area contributed by atoms with Crippen molar-refractivity contribution in [2.45, 2.75) is 22.8 Å². The Labute approximate surface area is 105 Å². The van der Waals surface area contributed by atoms with Crippen molar-refractivity contribution in [3.8, 4) is 0 Å². The molecule has 2 aromatic rings. The van der Waals surface area contributed by atoms with E-state index in [1.165, 1.54) is 24.5 Å². The van der Waals surface area contributed by atoms with Crippen LogP contribution in [-0.2, 0) is 12.8 Å². The van der Waals surface area contributed by atoms with E-state index in [0.29, 0.717) is 5.16 Å². The van der Waals surface area contributed by atoms with Gasteiger partial charge in [-0.05, 0) is 17.7 Å². The van der Waals surface area contributed by atoms with E-state index in [4.69, 9.17) is 5.11 Å². The number of nitrogens with zero attached hydrogens (tertiary/aromatic N) is 1. The highest BCUT2D eigenvalue weighted by Crippen LogP contribution is 2.39. The first kappa shape index (κ1) is 13.0. The second-order valence-electron chi connectivity index (χ2n) is 3.48. The lowest BCUT2D eigenvalue weighted by Gasteiger charge is -2.12. The number of aliphatic hydroxyl groups excluding tert-OH is 1. The maximum absolute atomic E-state index is 12.9. The van der Waals surface area contributed by atoms with Crippen LogP contribution in [0.5, 0.6) is 0 Å². The summed E-state index contributed by atoms with van der Waals surface area (Å²) in [6.07, 6.45) is -1.45. The van der Waals surface area contributed by atoms with Gasteiger partial charge in [0.05, 0.1) is 12.2 Å². The van der Waals surface area contributed by atoms with E-state index in [2.05, 4.69) is 9.97 Å². The highest BCUT2D eigenvalue weighted by atomic mass is 32.2. The molecule has 0 spiro atoms. The van der Waals surface area contributed by atoms with Crippen LogP contribution < -0.4 is 0 Å². The van der Waals surface area contributed by atoms with Gasteiger partial charge in [0.25, 0.3) is 0 Å². The molecule has 0 aliphatic heterocycles. The molecule has 0 fully saturated rings. The summed E-state index contributed by atoms with van der Waals surface area (Å²) in [5.74, 6) is 0. The zero-order chi connectivity index (χ0) is 13.2. The largest absolute Gasteiger partial charge is 0.417 e. The van der Waals surface area contributed by atoms with Crippen LogP contribution >= 0.6 is 11.8 Å². The Bertz CT molecular complexity index is 526. The molecule has 3 nitrogen and oxygen atoms in total. The Balaban J connectivity index is 2.40. The van der Waals surface area contributed by atoms with Crippen LogP contribution in [-0.4, -0.2) is 15.1 Å². The van der Waals surface area contributed by atoms with Crippen LogP contribution in [0.2, 0.25) is 0 Å². The maximum atomic E-state index is 12.9. The van der Waals surface area contributed by atoms with Gasteiger partial charge in [-0.15, -0.1) is 0 Å².